The predicted molar refractivity (Wildman–Crippen MR) is 146 cm³/mol. The van der Waals surface area contributed by atoms with Crippen molar-refractivity contribution in [3.05, 3.63) is 77.0 Å². The number of ether oxygens (including phenoxy) is 1. The molecule has 5 rings (SSSR count). The van der Waals surface area contributed by atoms with E-state index in [1.165, 1.54) is 11.1 Å². The van der Waals surface area contributed by atoms with Crippen LogP contribution in [0.5, 0.6) is 0 Å². The number of hydrogen-bond acceptors (Lipinski definition) is 5. The number of pyridine rings is 1. The first-order chi connectivity index (χ1) is 17.8. The van der Waals surface area contributed by atoms with Gasteiger partial charge in [-0.25, -0.2) is 9.78 Å². The molecule has 2 N–H and O–H groups in total. The van der Waals surface area contributed by atoms with E-state index in [1.807, 2.05) is 41.1 Å². The molecule has 3 aromatic heterocycles. The number of rotatable bonds is 9. The average molecular weight is 535 g/mol. The van der Waals surface area contributed by atoms with Crippen molar-refractivity contribution in [3.8, 4) is 11.3 Å². The maximum absolute atomic E-state index is 11.4. The molecule has 0 saturated carbocycles. The molecular formula is C27H29ClN5O3Si. The topological polar surface area (TPSA) is 102 Å². The highest BCUT2D eigenvalue weighted by molar-refractivity contribution is 6.55. The third-order valence-corrected chi connectivity index (χ3v) is 8.27. The molecule has 1 aliphatic carbocycles. The third kappa shape index (κ3) is 5.39. The largest absolute Gasteiger partial charge is 0.465 e. The lowest BCUT2D eigenvalue weighted by Gasteiger charge is -2.28. The normalized spacial score (nSPS) is 14.3. The quantitative estimate of drug-likeness (QED) is 0.174. The minimum Gasteiger partial charge on any atom is -0.465 e. The Morgan fingerprint density at radius 1 is 1.19 bits per heavy atom. The molecule has 0 spiro atoms. The molecule has 3 heterocycles. The Hall–Kier alpha value is -3.27. The number of fused-ring (bicyclic) bond motifs is 2. The van der Waals surface area contributed by atoms with Gasteiger partial charge in [0.25, 0.3) is 0 Å². The lowest BCUT2D eigenvalue weighted by Crippen LogP contribution is -2.41. The van der Waals surface area contributed by atoms with Gasteiger partial charge in [0.05, 0.1) is 5.69 Å². The number of carboxylic acid groups (broad SMARTS) is 1. The van der Waals surface area contributed by atoms with Gasteiger partial charge in [0.2, 0.25) is 5.28 Å². The molecule has 1 aromatic carbocycles. The molecule has 8 nitrogen and oxygen atoms in total. The van der Waals surface area contributed by atoms with Crippen LogP contribution in [-0.2, 0) is 29.7 Å². The van der Waals surface area contributed by atoms with Crippen molar-refractivity contribution >= 4 is 37.5 Å². The summed E-state index contributed by atoms with van der Waals surface area (Å²) in [6.45, 7) is 5.92. The van der Waals surface area contributed by atoms with Crippen LogP contribution in [0.15, 0.2) is 54.9 Å². The Morgan fingerprint density at radius 3 is 2.65 bits per heavy atom. The highest BCUT2D eigenvalue weighted by Gasteiger charge is 2.40. The molecule has 37 heavy (non-hydrogen) atoms. The van der Waals surface area contributed by atoms with Crippen molar-refractivity contribution in [1.82, 2.24) is 24.8 Å². The number of halogens is 1. The van der Waals surface area contributed by atoms with Crippen LogP contribution in [0.25, 0.3) is 22.3 Å². The second-order valence-electron chi connectivity index (χ2n) is 9.85. The Morgan fingerprint density at radius 2 is 1.95 bits per heavy atom. The monoisotopic (exact) mass is 534 g/mol. The fourth-order valence-electron chi connectivity index (χ4n) is 5.01. The van der Waals surface area contributed by atoms with Crippen molar-refractivity contribution in [1.29, 1.82) is 0 Å². The minimum atomic E-state index is -1.05. The lowest BCUT2D eigenvalue weighted by atomic mass is 9.80. The molecule has 0 bridgehead atoms. The van der Waals surface area contributed by atoms with Crippen molar-refractivity contribution < 1.29 is 14.6 Å². The molecule has 4 aromatic rings. The second kappa shape index (κ2) is 10.6. The maximum atomic E-state index is 11.4. The molecule has 0 unspecified atom stereocenters. The fourth-order valence-corrected chi connectivity index (χ4v) is 5.72. The summed E-state index contributed by atoms with van der Waals surface area (Å²) in [5.41, 5.74) is 5.03. The van der Waals surface area contributed by atoms with Gasteiger partial charge in [-0.2, -0.15) is 4.98 Å². The van der Waals surface area contributed by atoms with E-state index in [9.17, 15) is 9.90 Å². The van der Waals surface area contributed by atoms with E-state index in [-0.39, 0.29) is 20.6 Å². The SMILES string of the molecule is C[Si](C)CCOCn1ccc2c(-c3ccnc(C4(CNC(=O)O)Cc5ccccc5C4)c3)nc(Cl)nc21. The summed E-state index contributed by atoms with van der Waals surface area (Å²) < 4.78 is 7.82. The van der Waals surface area contributed by atoms with Gasteiger partial charge in [0.15, 0.2) is 0 Å². The first-order valence-corrected chi connectivity index (χ1v) is 15.3. The van der Waals surface area contributed by atoms with Gasteiger partial charge in [-0.15, -0.1) is 0 Å². The van der Waals surface area contributed by atoms with E-state index < -0.39 is 11.5 Å². The molecular weight excluding hydrogens is 506 g/mol. The molecule has 0 saturated heterocycles. The van der Waals surface area contributed by atoms with Crippen LogP contribution in [0.2, 0.25) is 24.4 Å². The van der Waals surface area contributed by atoms with Crippen molar-refractivity contribution in [2.45, 2.75) is 44.1 Å². The number of nitrogens with one attached hydrogen (secondary N) is 1. The number of benzene rings is 1. The smallest absolute Gasteiger partial charge is 0.404 e. The summed E-state index contributed by atoms with van der Waals surface area (Å²) in [5, 5.41) is 13.0. The first kappa shape index (κ1) is 25.4. The molecule has 191 valence electrons. The lowest BCUT2D eigenvalue weighted by molar-refractivity contribution is 0.0902. The molecule has 0 aliphatic heterocycles. The van der Waals surface area contributed by atoms with Crippen LogP contribution in [0.4, 0.5) is 4.79 Å². The molecule has 10 heteroatoms. The first-order valence-electron chi connectivity index (χ1n) is 12.2. The minimum absolute atomic E-state index is 0.156. The van der Waals surface area contributed by atoms with Crippen LogP contribution >= 0.6 is 11.6 Å². The van der Waals surface area contributed by atoms with E-state index in [0.717, 1.165) is 29.3 Å². The maximum Gasteiger partial charge on any atom is 0.404 e. The van der Waals surface area contributed by atoms with E-state index in [0.29, 0.717) is 30.9 Å². The molecule has 1 aliphatic rings. The van der Waals surface area contributed by atoms with Gasteiger partial charge < -0.3 is 19.7 Å². The Labute approximate surface area is 222 Å². The van der Waals surface area contributed by atoms with Crippen molar-refractivity contribution in [2.75, 3.05) is 13.2 Å². The van der Waals surface area contributed by atoms with E-state index >= 15 is 0 Å². The van der Waals surface area contributed by atoms with Crippen LogP contribution in [0.3, 0.4) is 0 Å². The molecule has 0 atom stereocenters. The fraction of sp³-hybridized carbons (Fsp3) is 0.333. The summed E-state index contributed by atoms with van der Waals surface area (Å²) >= 11 is 6.38. The Balaban J connectivity index is 1.50. The van der Waals surface area contributed by atoms with E-state index in [1.54, 1.807) is 6.20 Å². The average Bonchev–Trinajstić information content (AvgIpc) is 3.47. The molecule has 0 fully saturated rings. The number of nitrogens with zero attached hydrogens (tertiary/aromatic N) is 4. The summed E-state index contributed by atoms with van der Waals surface area (Å²) in [7, 11) is -0.332. The standard InChI is InChI=1S/C27H29ClN5O3Si/c1-37(2)12-11-36-17-33-10-8-21-23(31-25(28)32-24(21)33)18-7-9-29-22(13-18)27(16-30-26(34)35)14-19-5-3-4-6-20(19)15-27/h3-10,13,30H,11-12,14-17H2,1-2H3,(H,34,35). The number of hydrogen-bond donors (Lipinski definition) is 2. The Kier molecular flexibility index (Phi) is 7.28. The zero-order chi connectivity index (χ0) is 26.0. The van der Waals surface area contributed by atoms with Gasteiger partial charge in [-0.05, 0) is 59.8 Å². The summed E-state index contributed by atoms with van der Waals surface area (Å²) in [5.74, 6) is 0. The Bertz CT molecular complexity index is 1420. The number of aromatic nitrogens is 4. The van der Waals surface area contributed by atoms with E-state index in [2.05, 4.69) is 40.5 Å². The van der Waals surface area contributed by atoms with Gasteiger partial charge >= 0.3 is 6.09 Å². The number of amides is 1. The summed E-state index contributed by atoms with van der Waals surface area (Å²) in [6.07, 6.45) is 4.05. The number of carbonyl (C=O) groups is 1. The summed E-state index contributed by atoms with van der Waals surface area (Å²) in [4.78, 5) is 25.2. The zero-order valence-corrected chi connectivity index (χ0v) is 22.6. The van der Waals surface area contributed by atoms with Crippen molar-refractivity contribution in [2.24, 2.45) is 0 Å². The van der Waals surface area contributed by atoms with Gasteiger partial charge in [-0.1, -0.05) is 37.4 Å². The van der Waals surface area contributed by atoms with Gasteiger partial charge in [0, 0.05) is 56.4 Å². The zero-order valence-electron chi connectivity index (χ0n) is 20.9. The van der Waals surface area contributed by atoms with Gasteiger partial charge in [-0.3, -0.25) is 4.98 Å². The van der Waals surface area contributed by atoms with Crippen LogP contribution in [0.1, 0.15) is 16.8 Å². The van der Waals surface area contributed by atoms with Gasteiger partial charge in [0.1, 0.15) is 12.4 Å². The second-order valence-corrected chi connectivity index (χ2v) is 13.1. The highest BCUT2D eigenvalue weighted by Crippen LogP contribution is 2.40. The molecule has 1 amide bonds. The third-order valence-electron chi connectivity index (χ3n) is 6.90. The van der Waals surface area contributed by atoms with Crippen LogP contribution in [0, 0.1) is 0 Å². The van der Waals surface area contributed by atoms with Crippen molar-refractivity contribution in [3.63, 3.8) is 0 Å². The predicted octanol–water partition coefficient (Wildman–Crippen LogP) is 5.18. The van der Waals surface area contributed by atoms with Crippen LogP contribution < -0.4 is 5.32 Å². The molecule has 1 radical (unpaired) electrons. The van der Waals surface area contributed by atoms with Crippen LogP contribution in [-0.4, -0.2) is 52.7 Å². The summed E-state index contributed by atoms with van der Waals surface area (Å²) in [6, 6.07) is 15.2. The van der Waals surface area contributed by atoms with E-state index in [4.69, 9.17) is 21.3 Å². The highest BCUT2D eigenvalue weighted by atomic mass is 35.5.